The van der Waals surface area contributed by atoms with Gasteiger partial charge in [-0.3, -0.25) is 14.4 Å². The number of rotatable bonds is 6. The van der Waals surface area contributed by atoms with Crippen molar-refractivity contribution >= 4 is 40.6 Å². The monoisotopic (exact) mass is 395 g/mol. The Morgan fingerprint density at radius 1 is 1.12 bits per heavy atom. The number of halogens is 1. The van der Waals surface area contributed by atoms with Gasteiger partial charge in [-0.05, 0) is 68.4 Å². The summed E-state index contributed by atoms with van der Waals surface area (Å²) in [5.41, 5.74) is -0.279. The second-order valence-corrected chi connectivity index (χ2v) is 9.78. The molecule has 4 bridgehead atoms. The van der Waals surface area contributed by atoms with Crippen molar-refractivity contribution in [3.63, 3.8) is 0 Å². The second kappa shape index (κ2) is 6.97. The van der Waals surface area contributed by atoms with E-state index in [-0.39, 0.29) is 30.3 Å². The Hall–Kier alpha value is -1.40. The lowest BCUT2D eigenvalue weighted by molar-refractivity contribution is -0.150. The Balaban J connectivity index is 1.25. The van der Waals surface area contributed by atoms with Gasteiger partial charge in [0, 0.05) is 5.41 Å². The average Bonchev–Trinajstić information content (AvgIpc) is 3.03. The van der Waals surface area contributed by atoms with Crippen molar-refractivity contribution in [3.8, 4) is 0 Å². The van der Waals surface area contributed by atoms with E-state index < -0.39 is 5.97 Å². The Labute approximate surface area is 161 Å². The van der Waals surface area contributed by atoms with Gasteiger partial charge in [0.25, 0.3) is 0 Å². The fourth-order valence-corrected chi connectivity index (χ4v) is 6.43. The number of carbonyl (C=O) groups is 3. The molecule has 1 aromatic rings. The van der Waals surface area contributed by atoms with Gasteiger partial charge in [-0.1, -0.05) is 11.6 Å². The van der Waals surface area contributed by atoms with Crippen LogP contribution in [-0.2, 0) is 14.3 Å². The van der Waals surface area contributed by atoms with Crippen molar-refractivity contribution < 1.29 is 19.1 Å². The van der Waals surface area contributed by atoms with Gasteiger partial charge in [0.2, 0.25) is 11.7 Å². The van der Waals surface area contributed by atoms with E-state index in [1.807, 2.05) is 0 Å². The number of thiophene rings is 1. The molecule has 4 aliphatic carbocycles. The van der Waals surface area contributed by atoms with E-state index in [1.54, 1.807) is 12.1 Å². The molecule has 0 aromatic carbocycles. The highest BCUT2D eigenvalue weighted by Crippen LogP contribution is 2.60. The smallest absolute Gasteiger partial charge is 0.325 e. The van der Waals surface area contributed by atoms with Crippen LogP contribution in [0.3, 0.4) is 0 Å². The van der Waals surface area contributed by atoms with Crippen LogP contribution in [0.4, 0.5) is 0 Å². The number of hydrogen-bond acceptors (Lipinski definition) is 5. The normalized spacial score (nSPS) is 31.7. The lowest BCUT2D eigenvalue weighted by Gasteiger charge is -2.55. The van der Waals surface area contributed by atoms with Gasteiger partial charge < -0.3 is 10.1 Å². The van der Waals surface area contributed by atoms with Gasteiger partial charge in [0.15, 0.2) is 6.61 Å². The maximum atomic E-state index is 12.8. The van der Waals surface area contributed by atoms with E-state index >= 15 is 0 Å². The SMILES string of the molecule is O=C(CNC(=O)C12CC3CC(CC(C3)C1)C2)OCC(=O)c1ccc(Cl)s1. The first kappa shape index (κ1) is 18.0. The molecule has 1 amide bonds. The van der Waals surface area contributed by atoms with Crippen LogP contribution in [0, 0.1) is 23.2 Å². The summed E-state index contributed by atoms with van der Waals surface area (Å²) in [6, 6.07) is 3.24. The minimum absolute atomic E-state index is 0.00934. The third-order valence-corrected chi connectivity index (χ3v) is 7.40. The van der Waals surface area contributed by atoms with Crippen LogP contribution in [0.1, 0.15) is 48.2 Å². The molecule has 1 N–H and O–H groups in total. The largest absolute Gasteiger partial charge is 0.456 e. The molecule has 0 saturated heterocycles. The van der Waals surface area contributed by atoms with Crippen molar-refractivity contribution in [3.05, 3.63) is 21.3 Å². The molecule has 4 fully saturated rings. The lowest BCUT2D eigenvalue weighted by atomic mass is 9.49. The van der Waals surface area contributed by atoms with Crippen molar-refractivity contribution in [2.24, 2.45) is 23.2 Å². The Morgan fingerprint density at radius 3 is 2.27 bits per heavy atom. The molecule has 0 unspecified atom stereocenters. The van der Waals surface area contributed by atoms with Crippen LogP contribution >= 0.6 is 22.9 Å². The van der Waals surface area contributed by atoms with Gasteiger partial charge >= 0.3 is 5.97 Å². The summed E-state index contributed by atoms with van der Waals surface area (Å²) in [5.74, 6) is 1.14. The predicted octanol–water partition coefficient (Wildman–Crippen LogP) is 3.46. The molecule has 0 radical (unpaired) electrons. The quantitative estimate of drug-likeness (QED) is 0.591. The molecular formula is C19H22ClNO4S. The maximum Gasteiger partial charge on any atom is 0.325 e. The number of nitrogens with one attached hydrogen (secondary N) is 1. The van der Waals surface area contributed by atoms with E-state index in [9.17, 15) is 14.4 Å². The molecule has 1 aromatic heterocycles. The molecular weight excluding hydrogens is 374 g/mol. The summed E-state index contributed by atoms with van der Waals surface area (Å²) in [4.78, 5) is 37.0. The molecule has 0 spiro atoms. The standard InChI is InChI=1S/C19H22ClNO4S/c20-16-2-1-15(26-16)14(22)10-25-17(23)9-21-18(24)19-6-11-3-12(7-19)5-13(4-11)8-19/h1-2,11-13H,3-10H2,(H,21,24). The number of esters is 1. The first-order valence-electron chi connectivity index (χ1n) is 9.16. The summed E-state index contributed by atoms with van der Waals surface area (Å²) in [5, 5.41) is 2.76. The van der Waals surface area contributed by atoms with Gasteiger partial charge in [-0.25, -0.2) is 0 Å². The molecule has 0 atom stereocenters. The van der Waals surface area contributed by atoms with Crippen LogP contribution in [0.15, 0.2) is 12.1 Å². The van der Waals surface area contributed by atoms with Gasteiger partial charge in [0.05, 0.1) is 9.21 Å². The Kier molecular flexibility index (Phi) is 4.82. The third-order valence-electron chi connectivity index (χ3n) is 6.13. The van der Waals surface area contributed by atoms with E-state index in [0.717, 1.165) is 30.6 Å². The molecule has 4 aliphatic rings. The van der Waals surface area contributed by atoms with Crippen molar-refractivity contribution in [1.29, 1.82) is 0 Å². The third kappa shape index (κ3) is 3.54. The Morgan fingerprint density at radius 2 is 1.73 bits per heavy atom. The molecule has 4 saturated carbocycles. The van der Waals surface area contributed by atoms with E-state index in [2.05, 4.69) is 5.32 Å². The molecule has 7 heteroatoms. The highest BCUT2D eigenvalue weighted by molar-refractivity contribution is 7.18. The highest BCUT2D eigenvalue weighted by Gasteiger charge is 2.54. The number of carbonyl (C=O) groups excluding carboxylic acids is 3. The van der Waals surface area contributed by atoms with Gasteiger partial charge in [-0.15, -0.1) is 11.3 Å². The summed E-state index contributed by atoms with van der Waals surface area (Å²) >= 11 is 6.94. The predicted molar refractivity (Wildman–Crippen MR) is 98.2 cm³/mol. The van der Waals surface area contributed by atoms with E-state index in [0.29, 0.717) is 27.0 Å². The number of Topliss-reactive ketones (excluding diaryl/α,β-unsaturated/α-hetero) is 1. The zero-order valence-electron chi connectivity index (χ0n) is 14.5. The average molecular weight is 396 g/mol. The molecule has 26 heavy (non-hydrogen) atoms. The number of amides is 1. The topological polar surface area (TPSA) is 72.5 Å². The number of hydrogen-bond donors (Lipinski definition) is 1. The maximum absolute atomic E-state index is 12.8. The molecule has 1 heterocycles. The molecule has 0 aliphatic heterocycles. The van der Waals surface area contributed by atoms with Crippen molar-refractivity contribution in [2.75, 3.05) is 13.2 Å². The highest BCUT2D eigenvalue weighted by atomic mass is 35.5. The number of ketones is 1. The van der Waals surface area contributed by atoms with Crippen molar-refractivity contribution in [1.82, 2.24) is 5.32 Å². The summed E-state index contributed by atoms with van der Waals surface area (Å²) < 4.78 is 5.51. The number of ether oxygens (including phenoxy) is 1. The van der Waals surface area contributed by atoms with E-state index in [1.165, 1.54) is 19.3 Å². The summed E-state index contributed by atoms with van der Waals surface area (Å²) in [7, 11) is 0. The first-order chi connectivity index (χ1) is 12.4. The lowest BCUT2D eigenvalue weighted by Crippen LogP contribution is -2.54. The van der Waals surface area contributed by atoms with Crippen molar-refractivity contribution in [2.45, 2.75) is 38.5 Å². The van der Waals surface area contributed by atoms with Crippen LogP contribution in [0.2, 0.25) is 4.34 Å². The zero-order valence-corrected chi connectivity index (χ0v) is 16.0. The molecule has 5 rings (SSSR count). The molecule has 5 nitrogen and oxygen atoms in total. The zero-order chi connectivity index (χ0) is 18.3. The minimum atomic E-state index is -0.584. The second-order valence-electron chi connectivity index (χ2n) is 8.07. The minimum Gasteiger partial charge on any atom is -0.456 e. The van der Waals surface area contributed by atoms with E-state index in [4.69, 9.17) is 16.3 Å². The summed E-state index contributed by atoms with van der Waals surface area (Å²) in [6.45, 7) is -0.512. The summed E-state index contributed by atoms with van der Waals surface area (Å²) in [6.07, 6.45) is 6.67. The molecule has 140 valence electrons. The first-order valence-corrected chi connectivity index (χ1v) is 10.4. The fraction of sp³-hybridized carbons (Fsp3) is 0.632. The Bertz CT molecular complexity index is 708. The van der Waals surface area contributed by atoms with Crippen LogP contribution in [0.25, 0.3) is 0 Å². The van der Waals surface area contributed by atoms with Crippen LogP contribution < -0.4 is 5.32 Å². The fourth-order valence-electron chi connectivity index (χ4n) is 5.46. The van der Waals surface area contributed by atoms with Crippen LogP contribution in [0.5, 0.6) is 0 Å². The van der Waals surface area contributed by atoms with Gasteiger partial charge in [-0.2, -0.15) is 0 Å². The van der Waals surface area contributed by atoms with Gasteiger partial charge in [0.1, 0.15) is 6.54 Å². The van der Waals surface area contributed by atoms with Crippen LogP contribution in [-0.4, -0.2) is 30.8 Å².